The Morgan fingerprint density at radius 1 is 1.15 bits per heavy atom. The molecule has 0 bridgehead atoms. The van der Waals surface area contributed by atoms with E-state index in [1.54, 1.807) is 10.9 Å². The van der Waals surface area contributed by atoms with Crippen molar-refractivity contribution in [1.29, 1.82) is 0 Å². The molecule has 1 amide bonds. The van der Waals surface area contributed by atoms with Crippen LogP contribution in [0.15, 0.2) is 53.9 Å². The van der Waals surface area contributed by atoms with Gasteiger partial charge in [0.15, 0.2) is 0 Å². The molecule has 27 heavy (non-hydrogen) atoms. The van der Waals surface area contributed by atoms with Gasteiger partial charge >= 0.3 is 0 Å². The van der Waals surface area contributed by atoms with E-state index in [0.29, 0.717) is 22.9 Å². The molecule has 1 aliphatic rings. The summed E-state index contributed by atoms with van der Waals surface area (Å²) >= 11 is 0. The molecule has 8 nitrogen and oxygen atoms in total. The predicted octanol–water partition coefficient (Wildman–Crippen LogP) is 2.61. The Kier molecular flexibility index (Phi) is 4.15. The maximum Gasteiger partial charge on any atom is 0.255 e. The lowest BCUT2D eigenvalue weighted by Crippen LogP contribution is -2.32. The van der Waals surface area contributed by atoms with Crippen molar-refractivity contribution in [1.82, 2.24) is 25.2 Å². The number of aromatic nitrogens is 5. The Morgan fingerprint density at radius 3 is 2.78 bits per heavy atom. The molecule has 136 valence electrons. The second-order valence-electron chi connectivity index (χ2n) is 6.47. The van der Waals surface area contributed by atoms with Gasteiger partial charge in [-0.25, -0.2) is 0 Å². The Labute approximate surface area is 156 Å². The normalized spacial score (nSPS) is 15.9. The highest BCUT2D eigenvalue weighted by Gasteiger charge is 2.34. The summed E-state index contributed by atoms with van der Waals surface area (Å²) in [5, 5.41) is 17.9. The molecule has 2 aromatic heterocycles. The van der Waals surface area contributed by atoms with Gasteiger partial charge in [0.2, 0.25) is 5.95 Å². The van der Waals surface area contributed by atoms with E-state index in [1.165, 1.54) is 0 Å². The molecule has 0 spiro atoms. The van der Waals surface area contributed by atoms with Crippen LogP contribution in [0.2, 0.25) is 0 Å². The molecule has 0 fully saturated rings. The number of allylic oxidation sites excluding steroid dienone is 1. The molecular formula is C19H19N7O. The van der Waals surface area contributed by atoms with Gasteiger partial charge in [-0.05, 0) is 60.5 Å². The first-order chi connectivity index (χ1) is 13.1. The van der Waals surface area contributed by atoms with Gasteiger partial charge in [-0.3, -0.25) is 9.78 Å². The minimum atomic E-state index is -0.512. The second-order valence-corrected chi connectivity index (χ2v) is 6.47. The van der Waals surface area contributed by atoms with Crippen LogP contribution in [-0.4, -0.2) is 31.1 Å². The standard InChI is InChI=1S/C19H19N7O/c1-11-7-6-9-14(12(11)2)22-18(27)16-13(3)21-19-23-24-25-26(19)17(16)15-8-4-5-10-20-15/h4-10,17H,1-3H3,(H,22,27)(H,21,23,25)/t17-/m1/s1. The molecule has 0 saturated carbocycles. The number of hydrogen-bond acceptors (Lipinski definition) is 6. The van der Waals surface area contributed by atoms with Crippen LogP contribution >= 0.6 is 0 Å². The lowest BCUT2D eigenvalue weighted by Gasteiger charge is -2.27. The average molecular weight is 361 g/mol. The number of aryl methyl sites for hydroxylation is 1. The number of carbonyl (C=O) groups excluding carboxylic acids is 1. The fourth-order valence-corrected chi connectivity index (χ4v) is 3.19. The van der Waals surface area contributed by atoms with Gasteiger partial charge in [0, 0.05) is 17.6 Å². The maximum absolute atomic E-state index is 13.2. The number of pyridine rings is 1. The van der Waals surface area contributed by atoms with E-state index in [4.69, 9.17) is 0 Å². The van der Waals surface area contributed by atoms with Crippen LogP contribution in [0.25, 0.3) is 0 Å². The van der Waals surface area contributed by atoms with Gasteiger partial charge in [0.25, 0.3) is 5.91 Å². The predicted molar refractivity (Wildman–Crippen MR) is 101 cm³/mol. The molecular weight excluding hydrogens is 342 g/mol. The van der Waals surface area contributed by atoms with Crippen LogP contribution in [0.5, 0.6) is 0 Å². The monoisotopic (exact) mass is 361 g/mol. The van der Waals surface area contributed by atoms with E-state index in [9.17, 15) is 4.79 Å². The summed E-state index contributed by atoms with van der Waals surface area (Å²) in [6, 6.07) is 10.9. The highest BCUT2D eigenvalue weighted by molar-refractivity contribution is 6.06. The number of nitrogens with one attached hydrogen (secondary N) is 2. The zero-order valence-corrected chi connectivity index (χ0v) is 15.3. The number of amides is 1. The molecule has 0 aliphatic carbocycles. The van der Waals surface area contributed by atoms with E-state index in [2.05, 4.69) is 31.1 Å². The van der Waals surface area contributed by atoms with E-state index in [-0.39, 0.29) is 5.91 Å². The number of rotatable bonds is 3. The van der Waals surface area contributed by atoms with Crippen LogP contribution in [0.3, 0.4) is 0 Å². The van der Waals surface area contributed by atoms with E-state index >= 15 is 0 Å². The Hall–Kier alpha value is -3.55. The van der Waals surface area contributed by atoms with Crippen molar-refractivity contribution in [2.45, 2.75) is 26.8 Å². The fraction of sp³-hybridized carbons (Fsp3) is 0.211. The van der Waals surface area contributed by atoms with Crippen molar-refractivity contribution >= 4 is 17.5 Å². The highest BCUT2D eigenvalue weighted by Crippen LogP contribution is 2.34. The number of anilines is 2. The summed E-state index contributed by atoms with van der Waals surface area (Å²) in [4.78, 5) is 17.7. The van der Waals surface area contributed by atoms with Gasteiger partial charge in [-0.1, -0.05) is 23.3 Å². The van der Waals surface area contributed by atoms with Gasteiger partial charge in [0.05, 0.1) is 11.3 Å². The van der Waals surface area contributed by atoms with Crippen molar-refractivity contribution in [3.05, 3.63) is 70.7 Å². The minimum absolute atomic E-state index is 0.217. The van der Waals surface area contributed by atoms with Crippen LogP contribution in [0.1, 0.15) is 29.8 Å². The van der Waals surface area contributed by atoms with Crippen molar-refractivity contribution in [3.8, 4) is 0 Å². The van der Waals surface area contributed by atoms with Crippen molar-refractivity contribution in [2.75, 3.05) is 10.6 Å². The Bertz CT molecular complexity index is 1040. The Morgan fingerprint density at radius 2 is 2.00 bits per heavy atom. The maximum atomic E-state index is 13.2. The third-order valence-corrected chi connectivity index (χ3v) is 4.78. The lowest BCUT2D eigenvalue weighted by molar-refractivity contribution is -0.113. The number of nitrogens with zero attached hydrogens (tertiary/aromatic N) is 5. The number of tetrazole rings is 1. The molecule has 3 heterocycles. The van der Waals surface area contributed by atoms with Crippen molar-refractivity contribution in [3.63, 3.8) is 0 Å². The largest absolute Gasteiger partial charge is 0.326 e. The fourth-order valence-electron chi connectivity index (χ4n) is 3.19. The highest BCUT2D eigenvalue weighted by atomic mass is 16.1. The third-order valence-electron chi connectivity index (χ3n) is 4.78. The number of fused-ring (bicyclic) bond motifs is 1. The van der Waals surface area contributed by atoms with Crippen LogP contribution in [0, 0.1) is 13.8 Å². The molecule has 0 saturated heterocycles. The smallest absolute Gasteiger partial charge is 0.255 e. The van der Waals surface area contributed by atoms with Gasteiger partial charge in [-0.15, -0.1) is 0 Å². The van der Waals surface area contributed by atoms with Gasteiger partial charge in [0.1, 0.15) is 6.04 Å². The Balaban J connectivity index is 1.77. The number of carbonyl (C=O) groups is 1. The summed E-state index contributed by atoms with van der Waals surface area (Å²) in [5.41, 5.74) is 4.83. The molecule has 3 aromatic rings. The third kappa shape index (κ3) is 2.95. The quantitative estimate of drug-likeness (QED) is 0.744. The number of benzene rings is 1. The lowest BCUT2D eigenvalue weighted by atomic mass is 9.98. The number of hydrogen-bond donors (Lipinski definition) is 2. The minimum Gasteiger partial charge on any atom is -0.326 e. The molecule has 1 aliphatic heterocycles. The van der Waals surface area contributed by atoms with Crippen LogP contribution in [0.4, 0.5) is 11.6 Å². The summed E-state index contributed by atoms with van der Waals surface area (Å²) in [5.74, 6) is 0.261. The first-order valence-electron chi connectivity index (χ1n) is 8.60. The second kappa shape index (κ2) is 6.64. The van der Waals surface area contributed by atoms with E-state index in [0.717, 1.165) is 16.8 Å². The molecule has 1 atom stereocenters. The zero-order chi connectivity index (χ0) is 19.0. The molecule has 4 rings (SSSR count). The average Bonchev–Trinajstić information content (AvgIpc) is 3.13. The molecule has 0 radical (unpaired) electrons. The van der Waals surface area contributed by atoms with Crippen LogP contribution in [-0.2, 0) is 4.79 Å². The molecule has 2 N–H and O–H groups in total. The summed E-state index contributed by atoms with van der Waals surface area (Å²) in [6.45, 7) is 5.84. The molecule has 1 aromatic carbocycles. The van der Waals surface area contributed by atoms with Gasteiger partial charge < -0.3 is 10.6 Å². The first-order valence-corrected chi connectivity index (χ1v) is 8.60. The van der Waals surface area contributed by atoms with Gasteiger partial charge in [-0.2, -0.15) is 4.68 Å². The molecule has 0 unspecified atom stereocenters. The summed E-state index contributed by atoms with van der Waals surface area (Å²) in [7, 11) is 0. The zero-order valence-electron chi connectivity index (χ0n) is 15.3. The van der Waals surface area contributed by atoms with E-state index < -0.39 is 6.04 Å². The summed E-state index contributed by atoms with van der Waals surface area (Å²) < 4.78 is 1.58. The van der Waals surface area contributed by atoms with Crippen molar-refractivity contribution in [2.24, 2.45) is 0 Å². The SMILES string of the molecule is CC1=C(C(=O)Nc2cccc(C)c2C)[C@@H](c2ccccn2)n2nnnc2N1. The van der Waals surface area contributed by atoms with E-state index in [1.807, 2.05) is 57.2 Å². The molecule has 8 heteroatoms. The van der Waals surface area contributed by atoms with Crippen LogP contribution < -0.4 is 10.6 Å². The first kappa shape index (κ1) is 16.9. The van der Waals surface area contributed by atoms with Crippen molar-refractivity contribution < 1.29 is 4.79 Å². The topological polar surface area (TPSA) is 97.6 Å². The summed E-state index contributed by atoms with van der Waals surface area (Å²) in [6.07, 6.45) is 1.69.